The molecule has 0 bridgehead atoms. The monoisotopic (exact) mass is 194 g/mol. The van der Waals surface area contributed by atoms with Gasteiger partial charge in [-0.15, -0.1) is 0 Å². The number of rotatable bonds is 2. The molecule has 76 valence electrons. The largest absolute Gasteiger partial charge is 0.383 e. The van der Waals surface area contributed by atoms with Crippen LogP contribution in [0.15, 0.2) is 30.3 Å². The average Bonchev–Trinajstić information content (AvgIpc) is 2.72. The summed E-state index contributed by atoms with van der Waals surface area (Å²) in [5.74, 6) is 0. The number of ether oxygens (including phenoxy) is 2. The van der Waals surface area contributed by atoms with Crippen LogP contribution in [0.4, 0.5) is 0 Å². The summed E-state index contributed by atoms with van der Waals surface area (Å²) in [7, 11) is 0. The van der Waals surface area contributed by atoms with Crippen LogP contribution >= 0.6 is 0 Å². The second-order valence-electron chi connectivity index (χ2n) is 3.66. The summed E-state index contributed by atoms with van der Waals surface area (Å²) in [6.45, 7) is 2.47. The number of hydrogen-bond donors (Lipinski definition) is 1. The van der Waals surface area contributed by atoms with Gasteiger partial charge in [-0.25, -0.2) is 0 Å². The van der Waals surface area contributed by atoms with E-state index in [9.17, 15) is 5.11 Å². The van der Waals surface area contributed by atoms with Gasteiger partial charge >= 0.3 is 0 Å². The molecule has 1 fully saturated rings. The second kappa shape index (κ2) is 3.69. The molecule has 0 amide bonds. The molecule has 14 heavy (non-hydrogen) atoms. The smallest absolute Gasteiger partial charge is 0.147 e. The number of aliphatic hydroxyl groups is 1. The molecule has 1 heterocycles. The van der Waals surface area contributed by atoms with Crippen molar-refractivity contribution in [1.82, 2.24) is 0 Å². The summed E-state index contributed by atoms with van der Waals surface area (Å²) < 4.78 is 10.4. The van der Waals surface area contributed by atoms with Crippen molar-refractivity contribution in [3.63, 3.8) is 0 Å². The maximum absolute atomic E-state index is 10.3. The normalized spacial score (nSPS) is 26.0. The van der Waals surface area contributed by atoms with Crippen LogP contribution in [0.5, 0.6) is 0 Å². The van der Waals surface area contributed by atoms with Crippen molar-refractivity contribution in [2.24, 2.45) is 0 Å². The van der Waals surface area contributed by atoms with Crippen LogP contribution in [0.3, 0.4) is 0 Å². The summed E-state index contributed by atoms with van der Waals surface area (Å²) in [6, 6.07) is 9.51. The summed E-state index contributed by atoms with van der Waals surface area (Å²) in [5.41, 5.74) is -0.117. The van der Waals surface area contributed by atoms with Gasteiger partial charge in [0, 0.05) is 0 Å². The number of benzene rings is 1. The van der Waals surface area contributed by atoms with Crippen LogP contribution in [0.25, 0.3) is 0 Å². The minimum Gasteiger partial charge on any atom is -0.383 e. The molecule has 0 saturated carbocycles. The molecule has 1 aliphatic heterocycles. The topological polar surface area (TPSA) is 38.7 Å². The van der Waals surface area contributed by atoms with E-state index in [-0.39, 0.29) is 12.9 Å². The van der Waals surface area contributed by atoms with Gasteiger partial charge < -0.3 is 14.6 Å². The summed E-state index contributed by atoms with van der Waals surface area (Å²) in [4.78, 5) is 0. The molecule has 0 aromatic heterocycles. The van der Waals surface area contributed by atoms with Gasteiger partial charge in [0.05, 0.1) is 6.61 Å². The van der Waals surface area contributed by atoms with E-state index in [0.717, 1.165) is 5.56 Å². The van der Waals surface area contributed by atoms with Gasteiger partial charge in [-0.3, -0.25) is 0 Å². The van der Waals surface area contributed by atoms with Crippen molar-refractivity contribution in [3.05, 3.63) is 35.9 Å². The van der Waals surface area contributed by atoms with Gasteiger partial charge in [0.15, 0.2) is 0 Å². The van der Waals surface area contributed by atoms with Crippen molar-refractivity contribution in [3.8, 4) is 0 Å². The van der Waals surface area contributed by atoms with Crippen LogP contribution < -0.4 is 0 Å². The maximum atomic E-state index is 10.3. The lowest BCUT2D eigenvalue weighted by atomic mass is 9.90. The fourth-order valence-corrected chi connectivity index (χ4v) is 1.62. The molecule has 3 heteroatoms. The third-order valence-corrected chi connectivity index (χ3v) is 2.61. The minimum absolute atomic E-state index is 0.271. The molecule has 0 spiro atoms. The molecule has 1 saturated heterocycles. The van der Waals surface area contributed by atoms with Gasteiger partial charge in [-0.2, -0.15) is 0 Å². The maximum Gasteiger partial charge on any atom is 0.147 e. The predicted molar refractivity (Wildman–Crippen MR) is 51.7 cm³/mol. The van der Waals surface area contributed by atoms with E-state index < -0.39 is 5.60 Å². The molecule has 3 nitrogen and oxygen atoms in total. The molecule has 2 unspecified atom stereocenters. The summed E-state index contributed by atoms with van der Waals surface area (Å²) in [5, 5.41) is 10.3. The van der Waals surface area contributed by atoms with Gasteiger partial charge in [0.25, 0.3) is 0 Å². The molecule has 2 atom stereocenters. The zero-order valence-corrected chi connectivity index (χ0v) is 8.14. The highest BCUT2D eigenvalue weighted by molar-refractivity contribution is 5.23. The Bertz CT molecular complexity index is 289. The van der Waals surface area contributed by atoms with E-state index in [2.05, 4.69) is 0 Å². The van der Waals surface area contributed by atoms with E-state index in [0.29, 0.717) is 6.61 Å². The summed E-state index contributed by atoms with van der Waals surface area (Å²) in [6.07, 6.45) is -0.273. The Morgan fingerprint density at radius 2 is 2.07 bits per heavy atom. The highest BCUT2D eigenvalue weighted by Crippen LogP contribution is 2.28. The Morgan fingerprint density at radius 3 is 2.64 bits per heavy atom. The Hall–Kier alpha value is -0.900. The van der Waals surface area contributed by atoms with Gasteiger partial charge in [-0.1, -0.05) is 30.3 Å². The Labute approximate surface area is 83.3 Å². The van der Waals surface area contributed by atoms with E-state index in [1.165, 1.54) is 0 Å². The standard InChI is InChI=1S/C11H14O3/c1-11(12,10-7-13-8-14-10)9-5-3-2-4-6-9/h2-6,10,12H,7-8H2,1H3. The van der Waals surface area contributed by atoms with Gasteiger partial charge in [0.2, 0.25) is 0 Å². The zero-order valence-electron chi connectivity index (χ0n) is 8.14. The lowest BCUT2D eigenvalue weighted by molar-refractivity contribution is -0.0755. The second-order valence-corrected chi connectivity index (χ2v) is 3.66. The Kier molecular flexibility index (Phi) is 2.54. The van der Waals surface area contributed by atoms with E-state index in [1.54, 1.807) is 6.92 Å². The van der Waals surface area contributed by atoms with Crippen LogP contribution in [-0.2, 0) is 15.1 Å². The SMILES string of the molecule is CC(O)(c1ccccc1)C1COCO1. The molecule has 1 aromatic rings. The first kappa shape index (κ1) is 9.65. The quantitative estimate of drug-likeness (QED) is 0.770. The van der Waals surface area contributed by atoms with Crippen molar-refractivity contribution < 1.29 is 14.6 Å². The average molecular weight is 194 g/mol. The van der Waals surface area contributed by atoms with Crippen molar-refractivity contribution in [2.45, 2.75) is 18.6 Å². The molecule has 1 aromatic carbocycles. The molecule has 0 aliphatic carbocycles. The molecule has 1 N–H and O–H groups in total. The number of hydrogen-bond acceptors (Lipinski definition) is 3. The highest BCUT2D eigenvalue weighted by Gasteiger charge is 2.37. The van der Waals surface area contributed by atoms with Gasteiger partial charge in [0.1, 0.15) is 18.5 Å². The Balaban J connectivity index is 2.22. The fraction of sp³-hybridized carbons (Fsp3) is 0.455. The first-order valence-electron chi connectivity index (χ1n) is 4.68. The highest BCUT2D eigenvalue weighted by atomic mass is 16.7. The van der Waals surface area contributed by atoms with Crippen LogP contribution in [-0.4, -0.2) is 24.6 Å². The summed E-state index contributed by atoms with van der Waals surface area (Å²) >= 11 is 0. The zero-order chi connectivity index (χ0) is 10.0. The van der Waals surface area contributed by atoms with Crippen LogP contribution in [0.1, 0.15) is 12.5 Å². The fourth-order valence-electron chi connectivity index (χ4n) is 1.62. The third kappa shape index (κ3) is 1.66. The van der Waals surface area contributed by atoms with E-state index in [1.807, 2.05) is 30.3 Å². The van der Waals surface area contributed by atoms with Crippen LogP contribution in [0, 0.1) is 0 Å². The van der Waals surface area contributed by atoms with E-state index >= 15 is 0 Å². The van der Waals surface area contributed by atoms with Crippen LogP contribution in [0.2, 0.25) is 0 Å². The van der Waals surface area contributed by atoms with Crippen molar-refractivity contribution in [2.75, 3.05) is 13.4 Å². The Morgan fingerprint density at radius 1 is 1.36 bits per heavy atom. The third-order valence-electron chi connectivity index (χ3n) is 2.61. The predicted octanol–water partition coefficient (Wildman–Crippen LogP) is 1.27. The molecular formula is C11H14O3. The van der Waals surface area contributed by atoms with E-state index in [4.69, 9.17) is 9.47 Å². The lowest BCUT2D eigenvalue weighted by Gasteiger charge is -2.28. The minimum atomic E-state index is -0.974. The van der Waals surface area contributed by atoms with Crippen molar-refractivity contribution in [1.29, 1.82) is 0 Å². The first-order valence-corrected chi connectivity index (χ1v) is 4.68. The molecule has 1 aliphatic rings. The molecule has 2 rings (SSSR count). The first-order chi connectivity index (χ1) is 6.71. The molecule has 0 radical (unpaired) electrons. The molecular weight excluding hydrogens is 180 g/mol. The van der Waals surface area contributed by atoms with Gasteiger partial charge in [-0.05, 0) is 12.5 Å². The van der Waals surface area contributed by atoms with Crippen molar-refractivity contribution >= 4 is 0 Å². The lowest BCUT2D eigenvalue weighted by Crippen LogP contribution is -2.38.